The minimum absolute atomic E-state index is 0.242. The Hall–Kier alpha value is -3.09. The summed E-state index contributed by atoms with van der Waals surface area (Å²) in [6, 6.07) is 18.8. The fraction of sp³-hybridized carbons (Fsp3) is 0.360. The van der Waals surface area contributed by atoms with E-state index in [4.69, 9.17) is 4.74 Å². The Morgan fingerprint density at radius 2 is 1.50 bits per heavy atom. The summed E-state index contributed by atoms with van der Waals surface area (Å²) in [4.78, 5) is 10.8. The lowest BCUT2D eigenvalue weighted by molar-refractivity contribution is -0.140. The molecule has 2 aromatic carbocycles. The minimum Gasteiger partial charge on any atom is -0.466 e. The Bertz CT molecular complexity index is 893. The van der Waals surface area contributed by atoms with Gasteiger partial charge in [-0.15, -0.1) is 0 Å². The second-order valence-corrected chi connectivity index (χ2v) is 6.31. The van der Waals surface area contributed by atoms with Crippen molar-refractivity contribution >= 4 is 5.97 Å². The fourth-order valence-corrected chi connectivity index (χ4v) is 2.74. The summed E-state index contributed by atoms with van der Waals surface area (Å²) >= 11 is 0. The number of rotatable bonds is 5. The summed E-state index contributed by atoms with van der Waals surface area (Å²) < 4.78 is 35.7. The number of alkyl halides is 3. The van der Waals surface area contributed by atoms with E-state index in [0.717, 1.165) is 34.6 Å². The van der Waals surface area contributed by atoms with Gasteiger partial charge < -0.3 is 4.74 Å². The van der Waals surface area contributed by atoms with E-state index >= 15 is 0 Å². The molecule has 0 saturated carbocycles. The Labute approximate surface area is 189 Å². The van der Waals surface area contributed by atoms with Crippen LogP contribution in [0.15, 0.2) is 54.6 Å². The van der Waals surface area contributed by atoms with E-state index in [9.17, 15) is 18.0 Å². The molecule has 1 aromatic heterocycles. The molecule has 0 aliphatic heterocycles. The number of benzene rings is 2. The number of esters is 1. The maximum absolute atomic E-state index is 10.8. The van der Waals surface area contributed by atoms with Gasteiger partial charge in [0.1, 0.15) is 0 Å². The molecule has 4 nitrogen and oxygen atoms in total. The molecule has 0 amide bonds. The number of hydrogen-bond acceptors (Lipinski definition) is 3. The standard InChI is InChI=1S/C21H22N2O2.C2H6.CH2F2.CH3F/c1-15-4-10-20(11-5-15)23-21(14-16(2)22-23)19-8-6-18(7-9-19)12-13-25-17(3)24;1-2;2-1-3;1-2/h4-11,14H,12-13H2,1-3H3;1-2H3;1H2;1H3. The minimum atomic E-state index is -1.75. The van der Waals surface area contributed by atoms with Crippen LogP contribution in [0.4, 0.5) is 13.2 Å². The van der Waals surface area contributed by atoms with E-state index in [1.54, 1.807) is 0 Å². The van der Waals surface area contributed by atoms with Gasteiger partial charge in [0.2, 0.25) is 6.93 Å². The highest BCUT2D eigenvalue weighted by molar-refractivity contribution is 5.66. The SMILES string of the molecule is CC.CC(=O)OCCc1ccc(-c2cc(C)nn2-c2ccc(C)cc2)cc1.CF.FCF. The van der Waals surface area contributed by atoms with Crippen LogP contribution in [0.25, 0.3) is 16.9 Å². The molecule has 0 fully saturated rings. The molecular weight excluding hydrogens is 417 g/mol. The van der Waals surface area contributed by atoms with Crippen molar-refractivity contribution < 1.29 is 22.7 Å². The molecule has 176 valence electrons. The third-order valence-corrected chi connectivity index (χ3v) is 4.06. The Morgan fingerprint density at radius 3 is 2.00 bits per heavy atom. The normalized spacial score (nSPS) is 9.28. The molecule has 0 saturated heterocycles. The molecular formula is C25H33F3N2O2. The van der Waals surface area contributed by atoms with Gasteiger partial charge in [0.05, 0.1) is 30.9 Å². The average Bonchev–Trinajstić information content (AvgIpc) is 3.19. The zero-order valence-corrected chi connectivity index (χ0v) is 19.7. The van der Waals surface area contributed by atoms with Crippen LogP contribution in [0, 0.1) is 13.8 Å². The van der Waals surface area contributed by atoms with Gasteiger partial charge in [-0.3, -0.25) is 9.18 Å². The molecule has 3 aromatic rings. The molecule has 0 spiro atoms. The lowest BCUT2D eigenvalue weighted by atomic mass is 10.1. The Morgan fingerprint density at radius 1 is 0.969 bits per heavy atom. The molecule has 0 aliphatic rings. The summed E-state index contributed by atoms with van der Waals surface area (Å²) in [5.41, 5.74) is 6.57. The molecule has 0 aliphatic carbocycles. The van der Waals surface area contributed by atoms with Gasteiger partial charge in [-0.25, -0.2) is 13.5 Å². The third kappa shape index (κ3) is 9.81. The van der Waals surface area contributed by atoms with Crippen molar-refractivity contribution in [1.82, 2.24) is 9.78 Å². The fourth-order valence-electron chi connectivity index (χ4n) is 2.74. The highest BCUT2D eigenvalue weighted by Gasteiger charge is 2.10. The quantitative estimate of drug-likeness (QED) is 0.404. The smallest absolute Gasteiger partial charge is 0.302 e. The first kappa shape index (κ1) is 28.9. The van der Waals surface area contributed by atoms with Crippen LogP contribution in [0.1, 0.15) is 37.6 Å². The zero-order valence-electron chi connectivity index (χ0n) is 19.7. The first-order valence-electron chi connectivity index (χ1n) is 10.3. The molecule has 0 unspecified atom stereocenters. The number of aromatic nitrogens is 2. The van der Waals surface area contributed by atoms with Crippen LogP contribution >= 0.6 is 0 Å². The van der Waals surface area contributed by atoms with Crippen LogP contribution in [0.2, 0.25) is 0 Å². The third-order valence-electron chi connectivity index (χ3n) is 4.06. The van der Waals surface area contributed by atoms with Crippen molar-refractivity contribution in [3.63, 3.8) is 0 Å². The summed E-state index contributed by atoms with van der Waals surface area (Å²) in [6.45, 7) is 8.17. The number of nitrogens with zero attached hydrogens (tertiary/aromatic N) is 2. The number of carbonyl (C=O) groups is 1. The average molecular weight is 451 g/mol. The summed E-state index contributed by atoms with van der Waals surface area (Å²) in [5, 5.41) is 4.64. The molecule has 7 heteroatoms. The number of hydrogen-bond donors (Lipinski definition) is 0. The monoisotopic (exact) mass is 450 g/mol. The van der Waals surface area contributed by atoms with Crippen molar-refractivity contribution in [1.29, 1.82) is 0 Å². The molecule has 0 N–H and O–H groups in total. The highest BCUT2D eigenvalue weighted by atomic mass is 19.3. The largest absolute Gasteiger partial charge is 0.466 e. The topological polar surface area (TPSA) is 44.1 Å². The predicted molar refractivity (Wildman–Crippen MR) is 124 cm³/mol. The van der Waals surface area contributed by atoms with Crippen LogP contribution in [-0.4, -0.2) is 36.5 Å². The van der Waals surface area contributed by atoms with Crippen LogP contribution in [-0.2, 0) is 16.0 Å². The highest BCUT2D eigenvalue weighted by Crippen LogP contribution is 2.24. The van der Waals surface area contributed by atoms with E-state index in [1.165, 1.54) is 12.5 Å². The second-order valence-electron chi connectivity index (χ2n) is 6.31. The van der Waals surface area contributed by atoms with Gasteiger partial charge in [0.25, 0.3) is 0 Å². The van der Waals surface area contributed by atoms with E-state index in [-0.39, 0.29) is 5.97 Å². The van der Waals surface area contributed by atoms with Gasteiger partial charge in [-0.05, 0) is 37.6 Å². The molecule has 0 bridgehead atoms. The Balaban J connectivity index is 0.00000124. The van der Waals surface area contributed by atoms with E-state index in [1.807, 2.05) is 25.5 Å². The summed E-state index contributed by atoms with van der Waals surface area (Å²) in [5.74, 6) is -0.242. The van der Waals surface area contributed by atoms with Gasteiger partial charge in [0.15, 0.2) is 0 Å². The van der Waals surface area contributed by atoms with Crippen molar-refractivity contribution in [2.24, 2.45) is 0 Å². The van der Waals surface area contributed by atoms with E-state index < -0.39 is 6.93 Å². The van der Waals surface area contributed by atoms with Crippen molar-refractivity contribution in [2.75, 3.05) is 20.7 Å². The first-order chi connectivity index (χ1) is 15.4. The maximum atomic E-state index is 10.8. The zero-order chi connectivity index (χ0) is 24.5. The number of halogens is 3. The van der Waals surface area contributed by atoms with Gasteiger partial charge in [-0.2, -0.15) is 5.10 Å². The Kier molecular flexibility index (Phi) is 15.0. The van der Waals surface area contributed by atoms with E-state index in [2.05, 4.69) is 66.6 Å². The maximum Gasteiger partial charge on any atom is 0.302 e. The molecule has 3 rings (SSSR count). The van der Waals surface area contributed by atoms with Crippen LogP contribution in [0.5, 0.6) is 0 Å². The molecule has 0 radical (unpaired) electrons. The number of carbonyl (C=O) groups excluding carboxylic acids is 1. The molecule has 32 heavy (non-hydrogen) atoms. The lowest BCUT2D eigenvalue weighted by Crippen LogP contribution is -2.03. The first-order valence-corrected chi connectivity index (χ1v) is 10.3. The molecule has 0 atom stereocenters. The summed E-state index contributed by atoms with van der Waals surface area (Å²) in [6.07, 6.45) is 0.718. The van der Waals surface area contributed by atoms with Crippen molar-refractivity contribution in [3.05, 3.63) is 71.4 Å². The van der Waals surface area contributed by atoms with Crippen LogP contribution in [0.3, 0.4) is 0 Å². The summed E-state index contributed by atoms with van der Waals surface area (Å²) in [7, 11) is 0.500. The van der Waals surface area contributed by atoms with Crippen molar-refractivity contribution in [3.8, 4) is 16.9 Å². The van der Waals surface area contributed by atoms with E-state index in [0.29, 0.717) is 13.8 Å². The van der Waals surface area contributed by atoms with Gasteiger partial charge >= 0.3 is 5.97 Å². The van der Waals surface area contributed by atoms with Crippen LogP contribution < -0.4 is 0 Å². The van der Waals surface area contributed by atoms with Gasteiger partial charge in [-0.1, -0.05) is 55.8 Å². The van der Waals surface area contributed by atoms with Gasteiger partial charge in [0, 0.05) is 18.9 Å². The lowest BCUT2D eigenvalue weighted by Gasteiger charge is -2.09. The molecule has 1 heterocycles. The second kappa shape index (κ2) is 16.6. The van der Waals surface area contributed by atoms with Crippen molar-refractivity contribution in [2.45, 2.75) is 41.0 Å². The number of ether oxygens (including phenoxy) is 1. The predicted octanol–water partition coefficient (Wildman–Crippen LogP) is 6.76. The number of aryl methyl sites for hydroxylation is 2.